The Morgan fingerprint density at radius 2 is 2.13 bits per heavy atom. The van der Waals surface area contributed by atoms with Crippen LogP contribution in [0.15, 0.2) is 12.8 Å². The molecule has 0 aliphatic rings. The highest BCUT2D eigenvalue weighted by molar-refractivity contribution is 5.69. The fourth-order valence-electron chi connectivity index (χ4n) is 1.46. The SMILES string of the molecule is C=C(N)c1nc(F)c(C)n2cc(C)nc12. The molecule has 78 valence electrons. The zero-order chi connectivity index (χ0) is 11.2. The predicted octanol–water partition coefficient (Wildman–Crippen LogP) is 1.41. The van der Waals surface area contributed by atoms with Crippen molar-refractivity contribution in [1.29, 1.82) is 0 Å². The molecule has 0 fully saturated rings. The molecule has 0 aliphatic carbocycles. The molecular formula is C10H11FN4. The standard InChI is InChI=1S/C10H11FN4/c1-5-4-15-7(3)9(11)14-8(6(2)12)10(15)13-5/h4H,2,12H2,1,3H3. The molecule has 0 unspecified atom stereocenters. The molecule has 0 radical (unpaired) electrons. The van der Waals surface area contributed by atoms with Gasteiger partial charge in [-0.15, -0.1) is 0 Å². The zero-order valence-electron chi connectivity index (χ0n) is 8.58. The van der Waals surface area contributed by atoms with E-state index in [2.05, 4.69) is 16.5 Å². The van der Waals surface area contributed by atoms with Crippen LogP contribution in [-0.2, 0) is 0 Å². The van der Waals surface area contributed by atoms with Crippen LogP contribution in [0, 0.1) is 19.8 Å². The number of hydrogen-bond donors (Lipinski definition) is 1. The van der Waals surface area contributed by atoms with Gasteiger partial charge in [-0.05, 0) is 13.8 Å². The molecule has 2 N–H and O–H groups in total. The van der Waals surface area contributed by atoms with Crippen molar-refractivity contribution in [2.24, 2.45) is 5.73 Å². The average Bonchev–Trinajstić information content (AvgIpc) is 2.53. The Balaban J connectivity index is 2.93. The summed E-state index contributed by atoms with van der Waals surface area (Å²) in [7, 11) is 0. The molecule has 0 amide bonds. The Hall–Kier alpha value is -1.91. The first kappa shape index (κ1) is 9.64. The minimum absolute atomic E-state index is 0.213. The maximum atomic E-state index is 13.4. The van der Waals surface area contributed by atoms with Crippen LogP contribution >= 0.6 is 0 Å². The Labute approximate surface area is 86.3 Å². The van der Waals surface area contributed by atoms with Crippen molar-refractivity contribution in [1.82, 2.24) is 14.4 Å². The lowest BCUT2D eigenvalue weighted by Crippen LogP contribution is -2.06. The van der Waals surface area contributed by atoms with Gasteiger partial charge in [0, 0.05) is 6.20 Å². The quantitative estimate of drug-likeness (QED) is 0.767. The van der Waals surface area contributed by atoms with Gasteiger partial charge in [0.15, 0.2) is 5.65 Å². The number of halogens is 1. The van der Waals surface area contributed by atoms with E-state index in [0.717, 1.165) is 5.69 Å². The lowest BCUT2D eigenvalue weighted by Gasteiger charge is -2.05. The van der Waals surface area contributed by atoms with E-state index >= 15 is 0 Å². The van der Waals surface area contributed by atoms with Crippen LogP contribution in [0.2, 0.25) is 0 Å². The third-order valence-corrected chi connectivity index (χ3v) is 2.21. The smallest absolute Gasteiger partial charge is 0.233 e. The predicted molar refractivity (Wildman–Crippen MR) is 55.6 cm³/mol. The Kier molecular flexibility index (Phi) is 1.96. The van der Waals surface area contributed by atoms with E-state index in [1.807, 2.05) is 6.92 Å². The van der Waals surface area contributed by atoms with E-state index in [-0.39, 0.29) is 5.70 Å². The van der Waals surface area contributed by atoms with Crippen LogP contribution < -0.4 is 5.73 Å². The Morgan fingerprint density at radius 3 is 2.73 bits per heavy atom. The summed E-state index contributed by atoms with van der Waals surface area (Å²) in [5.41, 5.74) is 7.78. The molecule has 0 atom stereocenters. The van der Waals surface area contributed by atoms with Gasteiger partial charge >= 0.3 is 0 Å². The average molecular weight is 206 g/mol. The molecule has 0 saturated carbocycles. The molecule has 5 heteroatoms. The van der Waals surface area contributed by atoms with Crippen LogP contribution in [0.5, 0.6) is 0 Å². The number of nitrogens with two attached hydrogens (primary N) is 1. The fourth-order valence-corrected chi connectivity index (χ4v) is 1.46. The number of aryl methyl sites for hydroxylation is 2. The molecule has 2 heterocycles. The first-order valence-electron chi connectivity index (χ1n) is 4.47. The lowest BCUT2D eigenvalue weighted by molar-refractivity contribution is 0.561. The number of rotatable bonds is 1. The number of aromatic nitrogens is 3. The highest BCUT2D eigenvalue weighted by Crippen LogP contribution is 2.16. The Morgan fingerprint density at radius 1 is 1.47 bits per heavy atom. The van der Waals surface area contributed by atoms with Crippen LogP contribution in [0.25, 0.3) is 11.3 Å². The van der Waals surface area contributed by atoms with Crippen molar-refractivity contribution in [2.45, 2.75) is 13.8 Å². The maximum Gasteiger partial charge on any atom is 0.233 e. The van der Waals surface area contributed by atoms with Gasteiger partial charge in [-0.2, -0.15) is 4.39 Å². The zero-order valence-corrected chi connectivity index (χ0v) is 8.58. The second-order valence-corrected chi connectivity index (χ2v) is 3.44. The summed E-state index contributed by atoms with van der Waals surface area (Å²) >= 11 is 0. The van der Waals surface area contributed by atoms with Gasteiger partial charge in [0.05, 0.1) is 17.1 Å². The monoisotopic (exact) mass is 206 g/mol. The summed E-state index contributed by atoms with van der Waals surface area (Å²) < 4.78 is 15.1. The van der Waals surface area contributed by atoms with Crippen molar-refractivity contribution in [3.63, 3.8) is 0 Å². The lowest BCUT2D eigenvalue weighted by atomic mass is 10.3. The highest BCUT2D eigenvalue weighted by Gasteiger charge is 2.13. The summed E-state index contributed by atoms with van der Waals surface area (Å²) in [6.07, 6.45) is 1.74. The van der Waals surface area contributed by atoms with Crippen LogP contribution in [0.3, 0.4) is 0 Å². The number of nitrogens with zero attached hydrogens (tertiary/aromatic N) is 3. The van der Waals surface area contributed by atoms with Crippen molar-refractivity contribution in [3.8, 4) is 0 Å². The van der Waals surface area contributed by atoms with Crippen molar-refractivity contribution in [3.05, 3.63) is 35.8 Å². The molecule has 2 rings (SSSR count). The molecule has 0 spiro atoms. The number of imidazole rings is 1. The summed E-state index contributed by atoms with van der Waals surface area (Å²) in [5.74, 6) is -0.554. The van der Waals surface area contributed by atoms with Crippen molar-refractivity contribution in [2.75, 3.05) is 0 Å². The van der Waals surface area contributed by atoms with Crippen LogP contribution in [-0.4, -0.2) is 14.4 Å². The normalized spacial score (nSPS) is 10.9. The first-order valence-corrected chi connectivity index (χ1v) is 4.47. The molecule has 0 aliphatic heterocycles. The summed E-state index contributed by atoms with van der Waals surface area (Å²) in [5, 5.41) is 0. The minimum atomic E-state index is -0.554. The van der Waals surface area contributed by atoms with Crippen LogP contribution in [0.4, 0.5) is 4.39 Å². The van der Waals surface area contributed by atoms with E-state index < -0.39 is 5.95 Å². The largest absolute Gasteiger partial charge is 0.397 e. The van der Waals surface area contributed by atoms with E-state index in [4.69, 9.17) is 5.73 Å². The Bertz CT molecular complexity index is 556. The summed E-state index contributed by atoms with van der Waals surface area (Å²) in [6.45, 7) is 7.02. The van der Waals surface area contributed by atoms with Gasteiger partial charge in [-0.25, -0.2) is 9.97 Å². The highest BCUT2D eigenvalue weighted by atomic mass is 19.1. The molecular weight excluding hydrogens is 195 g/mol. The van der Waals surface area contributed by atoms with E-state index in [1.54, 1.807) is 17.5 Å². The number of hydrogen-bond acceptors (Lipinski definition) is 3. The molecule has 15 heavy (non-hydrogen) atoms. The van der Waals surface area contributed by atoms with Gasteiger partial charge < -0.3 is 5.73 Å². The number of fused-ring (bicyclic) bond motifs is 1. The second-order valence-electron chi connectivity index (χ2n) is 3.44. The van der Waals surface area contributed by atoms with Gasteiger partial charge in [-0.1, -0.05) is 6.58 Å². The maximum absolute atomic E-state index is 13.4. The minimum Gasteiger partial charge on any atom is -0.397 e. The van der Waals surface area contributed by atoms with E-state index in [0.29, 0.717) is 17.0 Å². The van der Waals surface area contributed by atoms with E-state index in [9.17, 15) is 4.39 Å². The topological polar surface area (TPSA) is 56.2 Å². The third-order valence-electron chi connectivity index (χ3n) is 2.21. The molecule has 4 nitrogen and oxygen atoms in total. The summed E-state index contributed by atoms with van der Waals surface area (Å²) in [4.78, 5) is 7.97. The van der Waals surface area contributed by atoms with Gasteiger partial charge in [0.25, 0.3) is 0 Å². The van der Waals surface area contributed by atoms with E-state index in [1.165, 1.54) is 0 Å². The second kappa shape index (κ2) is 3.05. The first-order chi connectivity index (χ1) is 7.00. The van der Waals surface area contributed by atoms with Crippen molar-refractivity contribution >= 4 is 11.3 Å². The fraction of sp³-hybridized carbons (Fsp3) is 0.200. The van der Waals surface area contributed by atoms with Gasteiger partial charge in [-0.3, -0.25) is 4.40 Å². The molecule has 0 bridgehead atoms. The molecule has 2 aromatic rings. The molecule has 2 aromatic heterocycles. The van der Waals surface area contributed by atoms with Gasteiger partial charge in [0.2, 0.25) is 5.95 Å². The molecule has 0 aromatic carbocycles. The van der Waals surface area contributed by atoms with Crippen LogP contribution in [0.1, 0.15) is 17.1 Å². The van der Waals surface area contributed by atoms with Gasteiger partial charge in [0.1, 0.15) is 5.69 Å². The summed E-state index contributed by atoms with van der Waals surface area (Å²) in [6, 6.07) is 0. The van der Waals surface area contributed by atoms with Crippen molar-refractivity contribution < 1.29 is 4.39 Å². The third kappa shape index (κ3) is 1.36. The molecule has 0 saturated heterocycles.